The summed E-state index contributed by atoms with van der Waals surface area (Å²) >= 11 is 0. The Balaban J connectivity index is 0.00000392. The molecular weight excluding hydrogens is 413 g/mol. The number of hydrogen-bond acceptors (Lipinski definition) is 5. The fourth-order valence-electron chi connectivity index (χ4n) is 2.62. The molecule has 160 valence electrons. The van der Waals surface area contributed by atoms with Gasteiger partial charge in [-0.25, -0.2) is 4.98 Å². The number of hydrogen-bond donors (Lipinski definition) is 4. The van der Waals surface area contributed by atoms with Crippen molar-refractivity contribution in [3.05, 3.63) is 59.8 Å². The Hall–Kier alpha value is -2.35. The van der Waals surface area contributed by atoms with Crippen molar-refractivity contribution in [1.29, 1.82) is 0 Å². The van der Waals surface area contributed by atoms with Crippen LogP contribution in [-0.2, 0) is 22.4 Å². The molecule has 9 heteroatoms. The van der Waals surface area contributed by atoms with Crippen LogP contribution in [0, 0.1) is 0 Å². The van der Waals surface area contributed by atoms with Crippen molar-refractivity contribution < 1.29 is 9.59 Å². The SMILES string of the molecule is CC(NC(=O)C(N)CCc1ccccc1)C(=O)NCCc1ccnc(N)c1.Cl.Cl. The smallest absolute Gasteiger partial charge is 0.242 e. The van der Waals surface area contributed by atoms with Crippen LogP contribution < -0.4 is 22.1 Å². The van der Waals surface area contributed by atoms with Crippen molar-refractivity contribution in [3.63, 3.8) is 0 Å². The number of pyridine rings is 1. The van der Waals surface area contributed by atoms with Gasteiger partial charge in [0.1, 0.15) is 11.9 Å². The molecule has 2 amide bonds. The lowest BCUT2D eigenvalue weighted by Crippen LogP contribution is -2.50. The molecule has 0 aliphatic carbocycles. The van der Waals surface area contributed by atoms with Gasteiger partial charge in [-0.2, -0.15) is 0 Å². The van der Waals surface area contributed by atoms with Crippen LogP contribution in [0.1, 0.15) is 24.5 Å². The van der Waals surface area contributed by atoms with E-state index in [0.29, 0.717) is 31.6 Å². The lowest BCUT2D eigenvalue weighted by molar-refractivity contribution is -0.129. The molecule has 2 rings (SSSR count). The largest absolute Gasteiger partial charge is 0.384 e. The van der Waals surface area contributed by atoms with Gasteiger partial charge in [0.25, 0.3) is 0 Å². The third-order valence-corrected chi connectivity index (χ3v) is 4.23. The standard InChI is InChI=1S/C20H27N5O2.2ClH/c1-14(19(26)24-12-10-16-9-11-23-18(22)13-16)25-20(27)17(21)8-7-15-5-3-2-4-6-15;;/h2-6,9,11,13-14,17H,7-8,10,12,21H2,1H3,(H2,22,23)(H,24,26)(H,25,27);2*1H. The number of aryl methyl sites for hydroxylation is 1. The van der Waals surface area contributed by atoms with Crippen LogP contribution in [0.3, 0.4) is 0 Å². The highest BCUT2D eigenvalue weighted by atomic mass is 35.5. The highest BCUT2D eigenvalue weighted by Crippen LogP contribution is 2.05. The third-order valence-electron chi connectivity index (χ3n) is 4.23. The van der Waals surface area contributed by atoms with E-state index in [0.717, 1.165) is 11.1 Å². The van der Waals surface area contributed by atoms with Crippen LogP contribution >= 0.6 is 24.8 Å². The number of carbonyl (C=O) groups excluding carboxylic acids is 2. The number of benzene rings is 1. The molecule has 2 atom stereocenters. The van der Waals surface area contributed by atoms with Crippen LogP contribution in [0.4, 0.5) is 5.82 Å². The summed E-state index contributed by atoms with van der Waals surface area (Å²) in [5, 5.41) is 5.46. The molecule has 29 heavy (non-hydrogen) atoms. The molecule has 1 aromatic carbocycles. The summed E-state index contributed by atoms with van der Waals surface area (Å²) in [6, 6.07) is 12.2. The van der Waals surface area contributed by atoms with Crippen LogP contribution in [0.2, 0.25) is 0 Å². The van der Waals surface area contributed by atoms with E-state index in [2.05, 4.69) is 15.6 Å². The number of amides is 2. The predicted octanol–water partition coefficient (Wildman–Crippen LogP) is 1.63. The fourth-order valence-corrected chi connectivity index (χ4v) is 2.62. The van der Waals surface area contributed by atoms with E-state index in [-0.39, 0.29) is 36.6 Å². The Bertz CT molecular complexity index is 762. The van der Waals surface area contributed by atoms with Gasteiger partial charge >= 0.3 is 0 Å². The summed E-state index contributed by atoms with van der Waals surface area (Å²) in [4.78, 5) is 28.2. The number of nitrogens with one attached hydrogen (secondary N) is 2. The molecule has 0 spiro atoms. The number of nitrogen functional groups attached to an aromatic ring is 1. The molecule has 0 fully saturated rings. The van der Waals surface area contributed by atoms with Gasteiger partial charge in [0.05, 0.1) is 6.04 Å². The average molecular weight is 442 g/mol. The van der Waals surface area contributed by atoms with Crippen molar-refractivity contribution in [2.24, 2.45) is 5.73 Å². The van der Waals surface area contributed by atoms with E-state index >= 15 is 0 Å². The average Bonchev–Trinajstić information content (AvgIpc) is 2.66. The first kappa shape index (κ1) is 26.6. The van der Waals surface area contributed by atoms with E-state index in [1.807, 2.05) is 36.4 Å². The quantitative estimate of drug-likeness (QED) is 0.470. The predicted molar refractivity (Wildman–Crippen MR) is 120 cm³/mol. The molecule has 0 radical (unpaired) electrons. The summed E-state index contributed by atoms with van der Waals surface area (Å²) < 4.78 is 0. The van der Waals surface area contributed by atoms with E-state index in [9.17, 15) is 9.59 Å². The number of anilines is 1. The van der Waals surface area contributed by atoms with Gasteiger partial charge in [-0.1, -0.05) is 30.3 Å². The molecule has 2 unspecified atom stereocenters. The van der Waals surface area contributed by atoms with Gasteiger partial charge in [-0.05, 0) is 49.4 Å². The zero-order chi connectivity index (χ0) is 19.6. The van der Waals surface area contributed by atoms with Crippen LogP contribution in [-0.4, -0.2) is 35.4 Å². The third kappa shape index (κ3) is 9.60. The Morgan fingerprint density at radius 1 is 1.03 bits per heavy atom. The summed E-state index contributed by atoms with van der Waals surface area (Å²) in [6.07, 6.45) is 3.50. The normalized spacial score (nSPS) is 11.9. The number of rotatable bonds is 9. The molecule has 1 heterocycles. The first-order valence-electron chi connectivity index (χ1n) is 9.03. The minimum absolute atomic E-state index is 0. The van der Waals surface area contributed by atoms with Gasteiger partial charge < -0.3 is 22.1 Å². The highest BCUT2D eigenvalue weighted by molar-refractivity contribution is 5.89. The molecule has 0 saturated carbocycles. The van der Waals surface area contributed by atoms with Gasteiger partial charge in [0, 0.05) is 12.7 Å². The molecular formula is C20H29Cl2N5O2. The second-order valence-corrected chi connectivity index (χ2v) is 6.49. The summed E-state index contributed by atoms with van der Waals surface area (Å²) in [7, 11) is 0. The second kappa shape index (κ2) is 13.8. The highest BCUT2D eigenvalue weighted by Gasteiger charge is 2.19. The molecule has 2 aromatic rings. The maximum Gasteiger partial charge on any atom is 0.242 e. The van der Waals surface area contributed by atoms with Gasteiger partial charge in [0.15, 0.2) is 0 Å². The molecule has 0 aliphatic heterocycles. The fraction of sp³-hybridized carbons (Fsp3) is 0.350. The maximum atomic E-state index is 12.2. The molecule has 6 N–H and O–H groups in total. The van der Waals surface area contributed by atoms with Crippen molar-refractivity contribution >= 4 is 42.4 Å². The Morgan fingerprint density at radius 2 is 1.72 bits per heavy atom. The molecule has 1 aromatic heterocycles. The maximum absolute atomic E-state index is 12.2. The lowest BCUT2D eigenvalue weighted by atomic mass is 10.1. The van der Waals surface area contributed by atoms with Crippen molar-refractivity contribution in [3.8, 4) is 0 Å². The zero-order valence-corrected chi connectivity index (χ0v) is 18.0. The van der Waals surface area contributed by atoms with Crippen LogP contribution in [0.15, 0.2) is 48.7 Å². The summed E-state index contributed by atoms with van der Waals surface area (Å²) in [5.74, 6) is -0.125. The minimum Gasteiger partial charge on any atom is -0.384 e. The first-order chi connectivity index (χ1) is 13.0. The molecule has 0 bridgehead atoms. The molecule has 0 saturated heterocycles. The Labute approximate surface area is 183 Å². The second-order valence-electron chi connectivity index (χ2n) is 6.49. The van der Waals surface area contributed by atoms with Gasteiger partial charge in [-0.15, -0.1) is 24.8 Å². The summed E-state index contributed by atoms with van der Waals surface area (Å²) in [5.41, 5.74) is 13.7. The van der Waals surface area contributed by atoms with Gasteiger partial charge in [0.2, 0.25) is 11.8 Å². The van der Waals surface area contributed by atoms with Crippen molar-refractivity contribution in [1.82, 2.24) is 15.6 Å². The number of carbonyl (C=O) groups is 2. The molecule has 0 aliphatic rings. The van der Waals surface area contributed by atoms with Crippen molar-refractivity contribution in [2.45, 2.75) is 38.3 Å². The first-order valence-corrected chi connectivity index (χ1v) is 9.03. The Kier molecular flexibility index (Phi) is 12.6. The van der Waals surface area contributed by atoms with Gasteiger partial charge in [-0.3, -0.25) is 9.59 Å². The number of nitrogens with zero attached hydrogens (tertiary/aromatic N) is 1. The van der Waals surface area contributed by atoms with E-state index in [4.69, 9.17) is 11.5 Å². The van der Waals surface area contributed by atoms with Crippen molar-refractivity contribution in [2.75, 3.05) is 12.3 Å². The van der Waals surface area contributed by atoms with Crippen LogP contribution in [0.25, 0.3) is 0 Å². The topological polar surface area (TPSA) is 123 Å². The Morgan fingerprint density at radius 3 is 2.38 bits per heavy atom. The monoisotopic (exact) mass is 441 g/mol. The minimum atomic E-state index is -0.653. The van der Waals surface area contributed by atoms with E-state index in [1.54, 1.807) is 19.2 Å². The van der Waals surface area contributed by atoms with Crippen LogP contribution in [0.5, 0.6) is 0 Å². The van der Waals surface area contributed by atoms with E-state index < -0.39 is 12.1 Å². The number of nitrogens with two attached hydrogens (primary N) is 2. The number of halogens is 2. The molecule has 7 nitrogen and oxygen atoms in total. The van der Waals surface area contributed by atoms with E-state index in [1.165, 1.54) is 0 Å². The summed E-state index contributed by atoms with van der Waals surface area (Å²) in [6.45, 7) is 2.09. The lowest BCUT2D eigenvalue weighted by Gasteiger charge is -2.17. The number of aromatic nitrogens is 1. The zero-order valence-electron chi connectivity index (χ0n) is 16.3.